The van der Waals surface area contributed by atoms with Gasteiger partial charge in [-0.1, -0.05) is 13.3 Å². The molecule has 0 saturated carbocycles. The van der Waals surface area contributed by atoms with Crippen molar-refractivity contribution in [1.29, 1.82) is 0 Å². The Bertz CT molecular complexity index is 405. The maximum atomic E-state index is 4.56. The van der Waals surface area contributed by atoms with E-state index in [0.717, 1.165) is 19.5 Å². The summed E-state index contributed by atoms with van der Waals surface area (Å²) in [7, 11) is 2.06. The van der Waals surface area contributed by atoms with Crippen molar-refractivity contribution in [2.45, 2.75) is 65.1 Å². The number of aryl methyl sites for hydroxylation is 2. The topological polar surface area (TPSA) is 33.1 Å². The van der Waals surface area contributed by atoms with Gasteiger partial charge < -0.3 is 5.32 Å². The van der Waals surface area contributed by atoms with Crippen molar-refractivity contribution in [2.24, 2.45) is 7.05 Å². The molecular formula is C16H30N4. The zero-order valence-electron chi connectivity index (χ0n) is 13.5. The number of hydrogen-bond acceptors (Lipinski definition) is 3. The van der Waals surface area contributed by atoms with Crippen molar-refractivity contribution < 1.29 is 0 Å². The van der Waals surface area contributed by atoms with Gasteiger partial charge in [0.1, 0.15) is 0 Å². The summed E-state index contributed by atoms with van der Waals surface area (Å²) < 4.78 is 2.04. The summed E-state index contributed by atoms with van der Waals surface area (Å²) in [6.07, 6.45) is 5.03. The third kappa shape index (κ3) is 4.06. The summed E-state index contributed by atoms with van der Waals surface area (Å²) in [5.74, 6) is 0. The standard InChI is InChI=1S/C16H30N4/c1-5-14-10-16(19(4)18-14)12-20(13(2)3)11-15-8-6-7-9-17-15/h10,13,15,17H,5-9,11-12H2,1-4H3. The molecule has 1 aliphatic heterocycles. The van der Waals surface area contributed by atoms with Crippen molar-refractivity contribution in [3.8, 4) is 0 Å². The molecule has 1 saturated heterocycles. The van der Waals surface area contributed by atoms with E-state index in [1.54, 1.807) is 0 Å². The highest BCUT2D eigenvalue weighted by Gasteiger charge is 2.20. The van der Waals surface area contributed by atoms with E-state index < -0.39 is 0 Å². The second-order valence-corrected chi connectivity index (χ2v) is 6.27. The zero-order valence-corrected chi connectivity index (χ0v) is 13.5. The van der Waals surface area contributed by atoms with Crippen LogP contribution in [0, 0.1) is 0 Å². The minimum atomic E-state index is 0.568. The predicted molar refractivity (Wildman–Crippen MR) is 83.8 cm³/mol. The van der Waals surface area contributed by atoms with E-state index in [2.05, 4.69) is 49.2 Å². The van der Waals surface area contributed by atoms with Crippen LogP contribution in [0.25, 0.3) is 0 Å². The number of rotatable bonds is 6. The average Bonchev–Trinajstić information content (AvgIpc) is 2.80. The second kappa shape index (κ2) is 7.23. The first-order chi connectivity index (χ1) is 9.60. The molecule has 20 heavy (non-hydrogen) atoms. The molecule has 1 aromatic rings. The van der Waals surface area contributed by atoms with Gasteiger partial charge in [0.25, 0.3) is 0 Å². The summed E-state index contributed by atoms with van der Waals surface area (Å²) in [5.41, 5.74) is 2.52. The molecule has 1 fully saturated rings. The van der Waals surface area contributed by atoms with Gasteiger partial charge in [-0.3, -0.25) is 9.58 Å². The van der Waals surface area contributed by atoms with Gasteiger partial charge in [-0.05, 0) is 45.7 Å². The van der Waals surface area contributed by atoms with Crippen LogP contribution in [0.1, 0.15) is 51.4 Å². The van der Waals surface area contributed by atoms with Crippen molar-refractivity contribution in [3.63, 3.8) is 0 Å². The zero-order chi connectivity index (χ0) is 14.5. The fourth-order valence-corrected chi connectivity index (χ4v) is 2.92. The van der Waals surface area contributed by atoms with E-state index >= 15 is 0 Å². The molecule has 1 unspecified atom stereocenters. The van der Waals surface area contributed by atoms with Crippen LogP contribution in [-0.4, -0.2) is 39.9 Å². The Balaban J connectivity index is 1.98. The third-order valence-electron chi connectivity index (χ3n) is 4.35. The SMILES string of the molecule is CCc1cc(CN(CC2CCCCN2)C(C)C)n(C)n1. The highest BCUT2D eigenvalue weighted by Crippen LogP contribution is 2.14. The number of piperidine rings is 1. The van der Waals surface area contributed by atoms with Gasteiger partial charge >= 0.3 is 0 Å². The summed E-state index contributed by atoms with van der Waals surface area (Å²) >= 11 is 0. The lowest BCUT2D eigenvalue weighted by molar-refractivity contribution is 0.173. The molecule has 0 radical (unpaired) electrons. The van der Waals surface area contributed by atoms with E-state index in [1.807, 2.05) is 4.68 Å². The van der Waals surface area contributed by atoms with E-state index in [4.69, 9.17) is 0 Å². The molecule has 1 aliphatic rings. The molecule has 4 heteroatoms. The first-order valence-corrected chi connectivity index (χ1v) is 8.09. The average molecular weight is 278 g/mol. The second-order valence-electron chi connectivity index (χ2n) is 6.27. The van der Waals surface area contributed by atoms with Gasteiger partial charge in [0.05, 0.1) is 11.4 Å². The molecule has 0 spiro atoms. The van der Waals surface area contributed by atoms with Crippen LogP contribution in [-0.2, 0) is 20.0 Å². The number of nitrogens with one attached hydrogen (secondary N) is 1. The van der Waals surface area contributed by atoms with Crippen LogP contribution in [0.15, 0.2) is 6.07 Å². The minimum Gasteiger partial charge on any atom is -0.313 e. The molecule has 0 aliphatic carbocycles. The molecule has 1 N–H and O–H groups in total. The van der Waals surface area contributed by atoms with Crippen molar-refractivity contribution in [3.05, 3.63) is 17.5 Å². The predicted octanol–water partition coefficient (Wildman–Crippen LogP) is 2.33. The molecular weight excluding hydrogens is 248 g/mol. The molecule has 2 rings (SSSR count). The Morgan fingerprint density at radius 3 is 2.80 bits per heavy atom. The Labute approximate surface area is 123 Å². The first-order valence-electron chi connectivity index (χ1n) is 8.09. The van der Waals surface area contributed by atoms with Gasteiger partial charge in [0.2, 0.25) is 0 Å². The van der Waals surface area contributed by atoms with Gasteiger partial charge in [0, 0.05) is 32.2 Å². The largest absolute Gasteiger partial charge is 0.313 e. The Morgan fingerprint density at radius 1 is 1.45 bits per heavy atom. The Kier molecular flexibility index (Phi) is 5.61. The highest BCUT2D eigenvalue weighted by molar-refractivity contribution is 5.10. The van der Waals surface area contributed by atoms with E-state index in [-0.39, 0.29) is 0 Å². The molecule has 114 valence electrons. The Hall–Kier alpha value is -0.870. The van der Waals surface area contributed by atoms with Gasteiger partial charge in [-0.25, -0.2) is 0 Å². The molecule has 4 nitrogen and oxygen atoms in total. The lowest BCUT2D eigenvalue weighted by atomic mass is 10.0. The van der Waals surface area contributed by atoms with Crippen molar-refractivity contribution in [1.82, 2.24) is 20.0 Å². The minimum absolute atomic E-state index is 0.568. The number of hydrogen-bond donors (Lipinski definition) is 1. The van der Waals surface area contributed by atoms with E-state index in [1.165, 1.54) is 37.2 Å². The van der Waals surface area contributed by atoms with Crippen LogP contribution in [0.4, 0.5) is 0 Å². The van der Waals surface area contributed by atoms with Crippen LogP contribution in [0.2, 0.25) is 0 Å². The lowest BCUT2D eigenvalue weighted by Crippen LogP contribution is -2.45. The molecule has 2 heterocycles. The van der Waals surface area contributed by atoms with Crippen LogP contribution < -0.4 is 5.32 Å². The first kappa shape index (κ1) is 15.5. The molecule has 0 bridgehead atoms. The summed E-state index contributed by atoms with van der Waals surface area (Å²) in [5, 5.41) is 8.22. The summed E-state index contributed by atoms with van der Waals surface area (Å²) in [6.45, 7) is 10.1. The monoisotopic (exact) mass is 278 g/mol. The third-order valence-corrected chi connectivity index (χ3v) is 4.35. The van der Waals surface area contributed by atoms with Crippen LogP contribution in [0.3, 0.4) is 0 Å². The van der Waals surface area contributed by atoms with Gasteiger partial charge in [-0.2, -0.15) is 5.10 Å². The fourth-order valence-electron chi connectivity index (χ4n) is 2.92. The Morgan fingerprint density at radius 2 is 2.25 bits per heavy atom. The maximum Gasteiger partial charge on any atom is 0.0625 e. The smallest absolute Gasteiger partial charge is 0.0625 e. The maximum absolute atomic E-state index is 4.56. The molecule has 0 amide bonds. The highest BCUT2D eigenvalue weighted by atomic mass is 15.3. The lowest BCUT2D eigenvalue weighted by Gasteiger charge is -2.33. The van der Waals surface area contributed by atoms with E-state index in [0.29, 0.717) is 12.1 Å². The van der Waals surface area contributed by atoms with Crippen LogP contribution >= 0.6 is 0 Å². The van der Waals surface area contributed by atoms with Gasteiger partial charge in [0.15, 0.2) is 0 Å². The normalized spacial score (nSPS) is 20.0. The van der Waals surface area contributed by atoms with E-state index in [9.17, 15) is 0 Å². The van der Waals surface area contributed by atoms with Crippen molar-refractivity contribution >= 4 is 0 Å². The van der Waals surface area contributed by atoms with Gasteiger partial charge in [-0.15, -0.1) is 0 Å². The summed E-state index contributed by atoms with van der Waals surface area (Å²) in [6, 6.07) is 3.48. The fraction of sp³-hybridized carbons (Fsp3) is 0.812. The quantitative estimate of drug-likeness (QED) is 0.867. The van der Waals surface area contributed by atoms with Crippen molar-refractivity contribution in [2.75, 3.05) is 13.1 Å². The number of nitrogens with zero attached hydrogens (tertiary/aromatic N) is 3. The number of aromatic nitrogens is 2. The molecule has 0 aromatic carbocycles. The summed E-state index contributed by atoms with van der Waals surface area (Å²) in [4.78, 5) is 2.57. The molecule has 1 atom stereocenters. The van der Waals surface area contributed by atoms with Crippen LogP contribution in [0.5, 0.6) is 0 Å². The molecule has 1 aromatic heterocycles.